The summed E-state index contributed by atoms with van der Waals surface area (Å²) in [4.78, 5) is 11.5. The van der Waals surface area contributed by atoms with E-state index in [1.807, 2.05) is 0 Å². The molecule has 1 saturated carbocycles. The molecule has 0 aromatic carbocycles. The number of amides is 1. The topological polar surface area (TPSA) is 84.6 Å². The molecule has 1 amide bonds. The molecule has 0 aromatic heterocycles. The zero-order valence-electron chi connectivity index (χ0n) is 10.2. The van der Waals surface area contributed by atoms with E-state index in [0.717, 1.165) is 19.3 Å². The number of hydrogen-bond acceptors (Lipinski definition) is 4. The average molecular weight is 230 g/mol. The van der Waals surface area contributed by atoms with Gasteiger partial charge in [0.15, 0.2) is 0 Å². The van der Waals surface area contributed by atoms with Gasteiger partial charge in [0.05, 0.1) is 12.1 Å². The van der Waals surface area contributed by atoms with E-state index in [4.69, 9.17) is 10.5 Å². The van der Waals surface area contributed by atoms with Crippen molar-refractivity contribution in [3.8, 4) is 0 Å². The number of nitrogens with one attached hydrogen (secondary N) is 1. The third-order valence-corrected chi connectivity index (χ3v) is 2.61. The van der Waals surface area contributed by atoms with Crippen LogP contribution in [0.1, 0.15) is 40.0 Å². The molecule has 0 aliphatic heterocycles. The Kier molecular flexibility index (Phi) is 4.15. The fourth-order valence-corrected chi connectivity index (χ4v) is 1.83. The van der Waals surface area contributed by atoms with Crippen molar-refractivity contribution >= 4 is 6.09 Å². The molecule has 94 valence electrons. The van der Waals surface area contributed by atoms with Crippen LogP contribution in [0.3, 0.4) is 0 Å². The second-order valence-electron chi connectivity index (χ2n) is 5.34. The van der Waals surface area contributed by atoms with E-state index in [1.54, 1.807) is 20.8 Å². The molecule has 0 spiro atoms. The van der Waals surface area contributed by atoms with Crippen molar-refractivity contribution in [2.24, 2.45) is 5.73 Å². The highest BCUT2D eigenvalue weighted by atomic mass is 16.6. The smallest absolute Gasteiger partial charge is 0.407 e. The highest BCUT2D eigenvalue weighted by Crippen LogP contribution is 2.18. The minimum Gasteiger partial charge on any atom is -0.444 e. The first-order valence-electron chi connectivity index (χ1n) is 5.73. The first-order chi connectivity index (χ1) is 7.29. The van der Waals surface area contributed by atoms with Crippen LogP contribution in [0.25, 0.3) is 0 Å². The van der Waals surface area contributed by atoms with Gasteiger partial charge in [0, 0.05) is 6.04 Å². The number of carbonyl (C=O) groups excluding carboxylic acids is 1. The van der Waals surface area contributed by atoms with Crippen molar-refractivity contribution in [2.45, 2.75) is 63.8 Å². The van der Waals surface area contributed by atoms with E-state index in [2.05, 4.69) is 5.32 Å². The molecule has 1 rings (SSSR count). The number of aliphatic hydroxyl groups is 1. The van der Waals surface area contributed by atoms with Crippen LogP contribution in [0.5, 0.6) is 0 Å². The third-order valence-electron chi connectivity index (χ3n) is 2.61. The average Bonchev–Trinajstić information content (AvgIpc) is 2.09. The lowest BCUT2D eigenvalue weighted by Crippen LogP contribution is -2.54. The molecule has 0 bridgehead atoms. The maximum Gasteiger partial charge on any atom is 0.407 e. The summed E-state index contributed by atoms with van der Waals surface area (Å²) in [5.41, 5.74) is 5.21. The zero-order valence-corrected chi connectivity index (χ0v) is 10.2. The molecule has 2 unspecified atom stereocenters. The maximum absolute atomic E-state index is 11.5. The van der Waals surface area contributed by atoms with Crippen LogP contribution < -0.4 is 11.1 Å². The van der Waals surface area contributed by atoms with Crippen LogP contribution >= 0.6 is 0 Å². The van der Waals surface area contributed by atoms with Crippen LogP contribution in [0.4, 0.5) is 4.79 Å². The summed E-state index contributed by atoms with van der Waals surface area (Å²) in [5, 5.41) is 12.5. The van der Waals surface area contributed by atoms with E-state index in [1.165, 1.54) is 0 Å². The summed E-state index contributed by atoms with van der Waals surface area (Å²) in [6, 6.07) is -0.549. The second-order valence-corrected chi connectivity index (χ2v) is 5.34. The molecule has 1 aliphatic carbocycles. The molecule has 0 heterocycles. The third kappa shape index (κ3) is 3.98. The molecule has 16 heavy (non-hydrogen) atoms. The number of carbonyl (C=O) groups is 1. The summed E-state index contributed by atoms with van der Waals surface area (Å²) in [5.74, 6) is 0. The summed E-state index contributed by atoms with van der Waals surface area (Å²) < 4.78 is 5.12. The van der Waals surface area contributed by atoms with E-state index >= 15 is 0 Å². The van der Waals surface area contributed by atoms with Gasteiger partial charge in [0.25, 0.3) is 0 Å². The Hall–Kier alpha value is -0.810. The van der Waals surface area contributed by atoms with Gasteiger partial charge in [-0.25, -0.2) is 4.79 Å². The minimum absolute atomic E-state index is 0.256. The molecular formula is C11H22N2O3. The second kappa shape index (κ2) is 5.01. The van der Waals surface area contributed by atoms with Gasteiger partial charge in [-0.05, 0) is 40.0 Å². The number of rotatable bonds is 1. The van der Waals surface area contributed by atoms with Crippen molar-refractivity contribution in [1.82, 2.24) is 5.32 Å². The number of hydrogen-bond donors (Lipinski definition) is 3. The van der Waals surface area contributed by atoms with E-state index in [0.29, 0.717) is 0 Å². The lowest BCUT2D eigenvalue weighted by Gasteiger charge is -2.33. The molecule has 1 aliphatic rings. The zero-order chi connectivity index (χ0) is 12.3. The fourth-order valence-electron chi connectivity index (χ4n) is 1.83. The Bertz CT molecular complexity index is 250. The van der Waals surface area contributed by atoms with Gasteiger partial charge in [-0.1, -0.05) is 0 Å². The van der Waals surface area contributed by atoms with Crippen molar-refractivity contribution in [1.29, 1.82) is 0 Å². The monoisotopic (exact) mass is 230 g/mol. The number of ether oxygens (including phenoxy) is 1. The molecule has 0 aromatic rings. The fraction of sp³-hybridized carbons (Fsp3) is 0.909. The van der Waals surface area contributed by atoms with Crippen LogP contribution in [-0.2, 0) is 4.74 Å². The molecule has 0 radical (unpaired) electrons. The lowest BCUT2D eigenvalue weighted by atomic mass is 9.89. The van der Waals surface area contributed by atoms with Crippen LogP contribution in [-0.4, -0.2) is 35.0 Å². The van der Waals surface area contributed by atoms with Gasteiger partial charge in [0.1, 0.15) is 5.60 Å². The molecule has 1 fully saturated rings. The van der Waals surface area contributed by atoms with E-state index in [-0.39, 0.29) is 12.1 Å². The Morgan fingerprint density at radius 2 is 2.06 bits per heavy atom. The SMILES string of the molecule is CC(C)(C)OC(=O)NC1CCCC(N)[C@@H]1O. The number of aliphatic hydroxyl groups excluding tert-OH is 1. The molecule has 5 nitrogen and oxygen atoms in total. The van der Waals surface area contributed by atoms with E-state index < -0.39 is 17.8 Å². The van der Waals surface area contributed by atoms with Gasteiger partial charge >= 0.3 is 6.09 Å². The Morgan fingerprint density at radius 3 is 2.62 bits per heavy atom. The molecule has 0 saturated heterocycles. The summed E-state index contributed by atoms with van der Waals surface area (Å²) in [6.07, 6.45) is 1.28. The predicted octanol–water partition coefficient (Wildman–Crippen LogP) is 0.752. The number of nitrogens with two attached hydrogens (primary N) is 1. The van der Waals surface area contributed by atoms with Crippen molar-refractivity contribution in [3.63, 3.8) is 0 Å². The Morgan fingerprint density at radius 1 is 1.44 bits per heavy atom. The summed E-state index contributed by atoms with van der Waals surface area (Å²) in [7, 11) is 0. The Labute approximate surface area is 96.3 Å². The molecule has 4 N–H and O–H groups in total. The van der Waals surface area contributed by atoms with Gasteiger partial charge in [-0.15, -0.1) is 0 Å². The highest BCUT2D eigenvalue weighted by molar-refractivity contribution is 5.68. The van der Waals surface area contributed by atoms with Crippen molar-refractivity contribution < 1.29 is 14.6 Å². The summed E-state index contributed by atoms with van der Waals surface area (Å²) in [6.45, 7) is 5.40. The predicted molar refractivity (Wildman–Crippen MR) is 61.0 cm³/mol. The number of alkyl carbamates (subject to hydrolysis) is 1. The quantitative estimate of drug-likeness (QED) is 0.620. The van der Waals surface area contributed by atoms with Crippen molar-refractivity contribution in [2.75, 3.05) is 0 Å². The normalized spacial score (nSPS) is 30.9. The van der Waals surface area contributed by atoms with Gasteiger partial charge in [0.2, 0.25) is 0 Å². The molecule has 3 atom stereocenters. The first-order valence-corrected chi connectivity index (χ1v) is 5.73. The van der Waals surface area contributed by atoms with Gasteiger partial charge in [-0.2, -0.15) is 0 Å². The summed E-state index contributed by atoms with van der Waals surface area (Å²) >= 11 is 0. The maximum atomic E-state index is 11.5. The van der Waals surface area contributed by atoms with Gasteiger partial charge in [-0.3, -0.25) is 0 Å². The lowest BCUT2D eigenvalue weighted by molar-refractivity contribution is 0.0320. The van der Waals surface area contributed by atoms with Crippen molar-refractivity contribution in [3.05, 3.63) is 0 Å². The van der Waals surface area contributed by atoms with Crippen LogP contribution in [0, 0.1) is 0 Å². The Balaban J connectivity index is 2.44. The largest absolute Gasteiger partial charge is 0.444 e. The highest BCUT2D eigenvalue weighted by Gasteiger charge is 2.31. The molecule has 5 heteroatoms. The first kappa shape index (κ1) is 13.3. The standard InChI is InChI=1S/C11H22N2O3/c1-11(2,3)16-10(15)13-8-6-4-5-7(12)9(8)14/h7-9,14H,4-6,12H2,1-3H3,(H,13,15)/t7?,8?,9-/m0/s1. The van der Waals surface area contributed by atoms with E-state index in [9.17, 15) is 9.90 Å². The van der Waals surface area contributed by atoms with Crippen LogP contribution in [0.15, 0.2) is 0 Å². The molecular weight excluding hydrogens is 208 g/mol. The van der Waals surface area contributed by atoms with Gasteiger partial charge < -0.3 is 20.9 Å². The van der Waals surface area contributed by atoms with Crippen LogP contribution in [0.2, 0.25) is 0 Å². The minimum atomic E-state index is -0.679.